The fourth-order valence-electron chi connectivity index (χ4n) is 2.73. The number of para-hydroxylation sites is 2. The van der Waals surface area contributed by atoms with Crippen molar-refractivity contribution in [2.24, 2.45) is 0 Å². The molecule has 4 rings (SSSR count). The molecule has 146 valence electrons. The zero-order valence-electron chi connectivity index (χ0n) is 14.6. The highest BCUT2D eigenvalue weighted by Crippen LogP contribution is 2.28. The Balaban J connectivity index is 1.40. The smallest absolute Gasteiger partial charge is 0.210 e. The van der Waals surface area contributed by atoms with Gasteiger partial charge in [-0.15, -0.1) is 22.7 Å². The molecule has 4 aromatic rings. The molecule has 0 unspecified atom stereocenters. The lowest BCUT2D eigenvalue weighted by Gasteiger charge is -2.02. The normalized spacial score (nSPS) is 12.7. The highest BCUT2D eigenvalue weighted by molar-refractivity contribution is 7.93. The predicted octanol–water partition coefficient (Wildman–Crippen LogP) is 3.93. The second kappa shape index (κ2) is 7.51. The summed E-state index contributed by atoms with van der Waals surface area (Å²) in [4.78, 5) is 8.38. The Labute approximate surface area is 170 Å². The highest BCUT2D eigenvalue weighted by atomic mass is 32.2. The molecule has 0 atom stereocenters. The molecular formula is C18H16N2O4S4. The fraction of sp³-hybridized carbons (Fsp3) is 0.222. The van der Waals surface area contributed by atoms with Gasteiger partial charge in [0, 0.05) is 0 Å². The molecule has 0 aliphatic heterocycles. The van der Waals surface area contributed by atoms with Crippen LogP contribution in [0.25, 0.3) is 20.4 Å². The standard InChI is InChI=1S/C18H16N2O4S4/c21-27(22,17-19-13-7-1-3-9-15(13)25-17)11-5-6-12-28(23,24)18-20-14-8-2-4-10-16(14)26-18/h1-4,7-10H,5-6,11-12H2. The molecule has 2 heterocycles. The average Bonchev–Trinajstić information content (AvgIpc) is 3.30. The van der Waals surface area contributed by atoms with Gasteiger partial charge in [0.05, 0.1) is 31.9 Å². The molecule has 0 radical (unpaired) electrons. The third-order valence-electron chi connectivity index (χ3n) is 4.16. The molecule has 0 amide bonds. The summed E-state index contributed by atoms with van der Waals surface area (Å²) in [5, 5.41) is 0. The Morgan fingerprint density at radius 2 is 1.04 bits per heavy atom. The van der Waals surface area contributed by atoms with Crippen LogP contribution in [-0.4, -0.2) is 38.3 Å². The summed E-state index contributed by atoms with van der Waals surface area (Å²) >= 11 is 2.28. The van der Waals surface area contributed by atoms with Crippen LogP contribution in [0.4, 0.5) is 0 Å². The maximum absolute atomic E-state index is 12.5. The van der Waals surface area contributed by atoms with E-state index in [0.717, 1.165) is 32.1 Å². The van der Waals surface area contributed by atoms with Gasteiger partial charge in [0.1, 0.15) is 0 Å². The molecule has 0 aliphatic rings. The van der Waals surface area contributed by atoms with Crippen LogP contribution in [0.2, 0.25) is 0 Å². The summed E-state index contributed by atoms with van der Waals surface area (Å²) in [6.07, 6.45) is 0.505. The number of thiazole rings is 2. The Morgan fingerprint density at radius 3 is 1.43 bits per heavy atom. The molecule has 0 saturated heterocycles. The van der Waals surface area contributed by atoms with Crippen molar-refractivity contribution in [3.63, 3.8) is 0 Å². The Bertz CT molecular complexity index is 1180. The zero-order chi connectivity index (χ0) is 19.8. The molecule has 0 bridgehead atoms. The van der Waals surface area contributed by atoms with Gasteiger partial charge >= 0.3 is 0 Å². The van der Waals surface area contributed by atoms with Gasteiger partial charge in [-0.05, 0) is 37.1 Å². The van der Waals surface area contributed by atoms with Gasteiger partial charge in [-0.3, -0.25) is 0 Å². The molecule has 0 N–H and O–H groups in total. The molecule has 0 saturated carbocycles. The van der Waals surface area contributed by atoms with Crippen molar-refractivity contribution >= 4 is 62.8 Å². The van der Waals surface area contributed by atoms with Crippen LogP contribution >= 0.6 is 22.7 Å². The summed E-state index contributed by atoms with van der Waals surface area (Å²) in [6.45, 7) is 0. The van der Waals surface area contributed by atoms with Gasteiger partial charge in [-0.1, -0.05) is 24.3 Å². The maximum atomic E-state index is 12.5. The molecule has 6 nitrogen and oxygen atoms in total. The quantitative estimate of drug-likeness (QED) is 0.394. The minimum absolute atomic E-state index is 0.0859. The summed E-state index contributed by atoms with van der Waals surface area (Å²) in [5.41, 5.74) is 1.31. The molecule has 0 fully saturated rings. The summed E-state index contributed by atoms with van der Waals surface area (Å²) in [5.74, 6) is -0.246. The second-order valence-electron chi connectivity index (χ2n) is 6.24. The molecular weight excluding hydrogens is 436 g/mol. The molecule has 2 aromatic heterocycles. The van der Waals surface area contributed by atoms with Crippen LogP contribution in [0.1, 0.15) is 12.8 Å². The Hall–Kier alpha value is -1.88. The molecule has 10 heteroatoms. The van der Waals surface area contributed by atoms with E-state index in [1.165, 1.54) is 0 Å². The van der Waals surface area contributed by atoms with Gasteiger partial charge < -0.3 is 0 Å². The van der Waals surface area contributed by atoms with Gasteiger partial charge in [-0.25, -0.2) is 26.8 Å². The van der Waals surface area contributed by atoms with E-state index in [1.54, 1.807) is 12.1 Å². The monoisotopic (exact) mass is 452 g/mol. The van der Waals surface area contributed by atoms with Gasteiger partial charge in [0.15, 0.2) is 0 Å². The van der Waals surface area contributed by atoms with Crippen LogP contribution < -0.4 is 0 Å². The van der Waals surface area contributed by atoms with E-state index in [1.807, 2.05) is 36.4 Å². The van der Waals surface area contributed by atoms with Gasteiger partial charge in [0.25, 0.3) is 0 Å². The minimum Gasteiger partial charge on any atom is -0.225 e. The van der Waals surface area contributed by atoms with E-state index < -0.39 is 19.7 Å². The number of fused-ring (bicyclic) bond motifs is 2. The highest BCUT2D eigenvalue weighted by Gasteiger charge is 2.22. The van der Waals surface area contributed by atoms with Crippen molar-refractivity contribution < 1.29 is 16.8 Å². The van der Waals surface area contributed by atoms with Crippen LogP contribution in [0.3, 0.4) is 0 Å². The van der Waals surface area contributed by atoms with Crippen molar-refractivity contribution in [1.29, 1.82) is 0 Å². The number of unbranched alkanes of at least 4 members (excludes halogenated alkanes) is 1. The first-order valence-corrected chi connectivity index (χ1v) is 13.5. The molecule has 0 aliphatic carbocycles. The maximum Gasteiger partial charge on any atom is 0.210 e. The van der Waals surface area contributed by atoms with Crippen molar-refractivity contribution in [1.82, 2.24) is 9.97 Å². The number of nitrogens with zero attached hydrogens (tertiary/aromatic N) is 2. The molecule has 28 heavy (non-hydrogen) atoms. The van der Waals surface area contributed by atoms with E-state index in [0.29, 0.717) is 11.0 Å². The number of hydrogen-bond donors (Lipinski definition) is 0. The number of hydrogen-bond acceptors (Lipinski definition) is 8. The molecule has 0 spiro atoms. The summed E-state index contributed by atoms with van der Waals surface area (Å²) in [7, 11) is -7.05. The van der Waals surface area contributed by atoms with E-state index in [-0.39, 0.29) is 33.0 Å². The van der Waals surface area contributed by atoms with E-state index >= 15 is 0 Å². The topological polar surface area (TPSA) is 94.1 Å². The lowest BCUT2D eigenvalue weighted by molar-refractivity contribution is 0.584. The fourth-order valence-corrected chi connectivity index (χ4v) is 8.17. The lowest BCUT2D eigenvalue weighted by atomic mass is 10.3. The summed E-state index contributed by atoms with van der Waals surface area (Å²) in [6, 6.07) is 14.5. The third kappa shape index (κ3) is 3.95. The van der Waals surface area contributed by atoms with Crippen LogP contribution in [0, 0.1) is 0 Å². The van der Waals surface area contributed by atoms with E-state index in [2.05, 4.69) is 9.97 Å². The number of sulfone groups is 2. The Kier molecular flexibility index (Phi) is 5.21. The lowest BCUT2D eigenvalue weighted by Crippen LogP contribution is -2.10. The third-order valence-corrected chi connectivity index (χ3v) is 10.7. The van der Waals surface area contributed by atoms with Crippen LogP contribution in [0.5, 0.6) is 0 Å². The van der Waals surface area contributed by atoms with E-state index in [9.17, 15) is 16.8 Å². The van der Waals surface area contributed by atoms with E-state index in [4.69, 9.17) is 0 Å². The number of aromatic nitrogens is 2. The van der Waals surface area contributed by atoms with Gasteiger partial charge in [-0.2, -0.15) is 0 Å². The minimum atomic E-state index is -3.53. The first-order valence-electron chi connectivity index (χ1n) is 8.52. The SMILES string of the molecule is O=S(=O)(CCCCS(=O)(=O)c1nc2ccccc2s1)c1nc2ccccc2s1. The second-order valence-corrected chi connectivity index (χ2v) is 12.9. The van der Waals surface area contributed by atoms with Crippen molar-refractivity contribution in [3.05, 3.63) is 48.5 Å². The first kappa shape index (κ1) is 19.4. The largest absolute Gasteiger partial charge is 0.225 e. The van der Waals surface area contributed by atoms with Crippen molar-refractivity contribution in [2.75, 3.05) is 11.5 Å². The summed E-state index contributed by atoms with van der Waals surface area (Å²) < 4.78 is 51.8. The molecule has 2 aromatic carbocycles. The average molecular weight is 453 g/mol. The van der Waals surface area contributed by atoms with Gasteiger partial charge in [0.2, 0.25) is 28.4 Å². The van der Waals surface area contributed by atoms with Crippen LogP contribution in [-0.2, 0) is 19.7 Å². The van der Waals surface area contributed by atoms with Crippen molar-refractivity contribution in [3.8, 4) is 0 Å². The first-order chi connectivity index (χ1) is 13.4. The number of benzene rings is 2. The van der Waals surface area contributed by atoms with Crippen LogP contribution in [0.15, 0.2) is 57.2 Å². The van der Waals surface area contributed by atoms with Crippen molar-refractivity contribution in [2.45, 2.75) is 21.5 Å². The number of rotatable bonds is 7. The Morgan fingerprint density at radius 1 is 0.643 bits per heavy atom. The predicted molar refractivity (Wildman–Crippen MR) is 113 cm³/mol. The zero-order valence-corrected chi connectivity index (χ0v) is 17.9.